The highest BCUT2D eigenvalue weighted by Crippen LogP contribution is 2.29. The van der Waals surface area contributed by atoms with Crippen LogP contribution < -0.4 is 0 Å². The monoisotopic (exact) mass is 462 g/mol. The molecule has 0 bridgehead atoms. The number of hydrogen-bond acceptors (Lipinski definition) is 3. The molecule has 5 heteroatoms. The summed E-state index contributed by atoms with van der Waals surface area (Å²) >= 11 is 0. The van der Waals surface area contributed by atoms with Crippen molar-refractivity contribution in [2.75, 3.05) is 20.3 Å². The summed E-state index contributed by atoms with van der Waals surface area (Å²) in [4.78, 5) is 0. The van der Waals surface area contributed by atoms with Crippen LogP contribution in [0.2, 0.25) is 0 Å². The molecular formula is C27H52F2O3. The number of rotatable bonds is 12. The maximum atomic E-state index is 14.2. The van der Waals surface area contributed by atoms with Gasteiger partial charge in [0.1, 0.15) is 5.76 Å². The zero-order valence-electron chi connectivity index (χ0n) is 22.7. The van der Waals surface area contributed by atoms with E-state index in [9.17, 15) is 8.78 Å². The Kier molecular flexibility index (Phi) is 21.4. The van der Waals surface area contributed by atoms with E-state index in [4.69, 9.17) is 14.2 Å². The van der Waals surface area contributed by atoms with E-state index in [-0.39, 0.29) is 17.8 Å². The second kappa shape index (κ2) is 20.7. The van der Waals surface area contributed by atoms with Crippen LogP contribution in [-0.4, -0.2) is 32.5 Å². The minimum absolute atomic E-state index is 0.0348. The van der Waals surface area contributed by atoms with Crippen molar-refractivity contribution in [2.24, 2.45) is 11.8 Å². The Labute approximate surface area is 198 Å². The van der Waals surface area contributed by atoms with Crippen molar-refractivity contribution >= 4 is 0 Å². The summed E-state index contributed by atoms with van der Waals surface area (Å²) in [7, 11) is 1.34. The van der Waals surface area contributed by atoms with Crippen LogP contribution in [0.5, 0.6) is 0 Å². The van der Waals surface area contributed by atoms with Crippen LogP contribution in [-0.2, 0) is 14.2 Å². The van der Waals surface area contributed by atoms with Crippen molar-refractivity contribution in [3.63, 3.8) is 0 Å². The molecule has 0 amide bonds. The molecule has 0 radical (unpaired) electrons. The summed E-state index contributed by atoms with van der Waals surface area (Å²) in [6, 6.07) is 0. The van der Waals surface area contributed by atoms with Gasteiger partial charge >= 0.3 is 0 Å². The number of ether oxygens (including phenoxy) is 3. The van der Waals surface area contributed by atoms with Crippen LogP contribution in [0.4, 0.5) is 8.78 Å². The molecule has 0 aromatic heterocycles. The highest BCUT2D eigenvalue weighted by atomic mass is 19.2. The van der Waals surface area contributed by atoms with Crippen LogP contribution in [0.3, 0.4) is 0 Å². The predicted molar refractivity (Wildman–Crippen MR) is 133 cm³/mol. The fraction of sp³-hybridized carbons (Fsp3) is 0.852. The van der Waals surface area contributed by atoms with Crippen molar-refractivity contribution < 1.29 is 23.0 Å². The zero-order chi connectivity index (χ0) is 25.1. The van der Waals surface area contributed by atoms with Gasteiger partial charge in [-0.3, -0.25) is 0 Å². The number of halogens is 2. The van der Waals surface area contributed by atoms with Gasteiger partial charge in [-0.2, -0.15) is 0 Å². The van der Waals surface area contributed by atoms with E-state index in [1.165, 1.54) is 33.3 Å². The Morgan fingerprint density at radius 1 is 1.00 bits per heavy atom. The van der Waals surface area contributed by atoms with E-state index in [1.54, 1.807) is 6.92 Å². The Bertz CT molecular complexity index is 509. The van der Waals surface area contributed by atoms with Crippen LogP contribution in [0, 0.1) is 11.8 Å². The largest absolute Gasteiger partial charge is 0.498 e. The van der Waals surface area contributed by atoms with Crippen molar-refractivity contribution in [3.05, 3.63) is 23.0 Å². The van der Waals surface area contributed by atoms with Crippen molar-refractivity contribution in [1.82, 2.24) is 0 Å². The van der Waals surface area contributed by atoms with E-state index in [1.807, 2.05) is 41.5 Å². The zero-order valence-corrected chi connectivity index (χ0v) is 22.7. The highest BCUT2D eigenvalue weighted by Gasteiger charge is 2.22. The third kappa shape index (κ3) is 13.6. The lowest BCUT2D eigenvalue weighted by Crippen LogP contribution is -2.29. The Hall–Kier alpha value is -0.940. The van der Waals surface area contributed by atoms with E-state index >= 15 is 0 Å². The molecule has 0 aromatic carbocycles. The molecule has 0 N–H and O–H groups in total. The molecule has 192 valence electrons. The van der Waals surface area contributed by atoms with Gasteiger partial charge in [-0.1, -0.05) is 54.4 Å². The number of allylic oxidation sites excluding steroid dienone is 4. The first kappa shape index (κ1) is 33.2. The van der Waals surface area contributed by atoms with Gasteiger partial charge in [0.05, 0.1) is 32.5 Å². The Balaban J connectivity index is 0. The standard InChI is InChI=1S/C23H40F2O3.2C2H6/c1-7-8-9-21-13-12-20(15-28-21)14-27-17(3)11-10-16(2)18(4)22(24)23(25)19(5)26-6;2*1-2/h16-17,20-21H,7-15H2,1-6H3;2*1-2H3/b22-18-,23-19-;;. The van der Waals surface area contributed by atoms with Gasteiger partial charge in [0.15, 0.2) is 11.7 Å². The lowest BCUT2D eigenvalue weighted by molar-refractivity contribution is -0.0578. The maximum absolute atomic E-state index is 14.2. The van der Waals surface area contributed by atoms with Crippen molar-refractivity contribution in [3.8, 4) is 0 Å². The molecule has 4 atom stereocenters. The van der Waals surface area contributed by atoms with Gasteiger partial charge < -0.3 is 14.2 Å². The number of hydrogen-bond donors (Lipinski definition) is 0. The van der Waals surface area contributed by atoms with Gasteiger partial charge in [0, 0.05) is 5.92 Å². The summed E-state index contributed by atoms with van der Waals surface area (Å²) in [5, 5.41) is 0. The van der Waals surface area contributed by atoms with Crippen LogP contribution >= 0.6 is 0 Å². The molecule has 0 aliphatic carbocycles. The molecule has 0 spiro atoms. The molecule has 0 saturated carbocycles. The van der Waals surface area contributed by atoms with E-state index in [2.05, 4.69) is 6.92 Å². The summed E-state index contributed by atoms with van der Waals surface area (Å²) in [6.45, 7) is 18.7. The molecular weight excluding hydrogens is 410 g/mol. The molecule has 1 heterocycles. The first-order chi connectivity index (χ1) is 15.3. The highest BCUT2D eigenvalue weighted by molar-refractivity contribution is 5.27. The quantitative estimate of drug-likeness (QED) is 0.214. The molecule has 32 heavy (non-hydrogen) atoms. The van der Waals surface area contributed by atoms with E-state index in [0.717, 1.165) is 32.3 Å². The first-order valence-corrected chi connectivity index (χ1v) is 12.8. The smallest absolute Gasteiger partial charge is 0.195 e. The second-order valence-corrected chi connectivity index (χ2v) is 8.23. The van der Waals surface area contributed by atoms with Crippen molar-refractivity contribution in [2.45, 2.75) is 119 Å². The van der Waals surface area contributed by atoms with Gasteiger partial charge in [-0.25, -0.2) is 8.78 Å². The van der Waals surface area contributed by atoms with Crippen LogP contribution in [0.1, 0.15) is 107 Å². The maximum Gasteiger partial charge on any atom is 0.195 e. The molecule has 1 aliphatic heterocycles. The number of unbranched alkanes of at least 4 members (excludes halogenated alkanes) is 1. The lowest BCUT2D eigenvalue weighted by atomic mass is 9.94. The average Bonchev–Trinajstić information content (AvgIpc) is 2.85. The minimum atomic E-state index is -0.911. The van der Waals surface area contributed by atoms with E-state index in [0.29, 0.717) is 24.2 Å². The summed E-state index contributed by atoms with van der Waals surface area (Å²) < 4.78 is 44.9. The second-order valence-electron chi connectivity index (χ2n) is 8.23. The Morgan fingerprint density at radius 3 is 2.12 bits per heavy atom. The summed E-state index contributed by atoms with van der Waals surface area (Å²) in [5.41, 5.74) is 0.417. The van der Waals surface area contributed by atoms with Crippen LogP contribution in [0.25, 0.3) is 0 Å². The fourth-order valence-electron chi connectivity index (χ4n) is 3.37. The molecule has 1 fully saturated rings. The van der Waals surface area contributed by atoms with Gasteiger partial charge in [-0.05, 0) is 64.4 Å². The summed E-state index contributed by atoms with van der Waals surface area (Å²) in [5.74, 6) is -1.35. The third-order valence-electron chi connectivity index (χ3n) is 5.86. The minimum Gasteiger partial charge on any atom is -0.498 e. The van der Waals surface area contributed by atoms with Crippen LogP contribution in [0.15, 0.2) is 23.0 Å². The lowest BCUT2D eigenvalue weighted by Gasteiger charge is -2.29. The molecule has 4 unspecified atom stereocenters. The first-order valence-electron chi connectivity index (χ1n) is 12.8. The SMILES string of the molecule is CC.CC.CCCCC1CCC(COC(C)CCC(C)/C(C)=C(F)/C(F)=C(\C)OC)CO1. The van der Waals surface area contributed by atoms with Gasteiger partial charge in [0.25, 0.3) is 0 Å². The fourth-order valence-corrected chi connectivity index (χ4v) is 3.37. The molecule has 0 aromatic rings. The molecule has 1 rings (SSSR count). The average molecular weight is 463 g/mol. The van der Waals surface area contributed by atoms with Crippen molar-refractivity contribution in [1.29, 1.82) is 0 Å². The predicted octanol–water partition coefficient (Wildman–Crippen LogP) is 8.94. The molecule has 3 nitrogen and oxygen atoms in total. The summed E-state index contributed by atoms with van der Waals surface area (Å²) in [6.07, 6.45) is 8.00. The van der Waals surface area contributed by atoms with Gasteiger partial charge in [0.2, 0.25) is 0 Å². The normalized spacial score (nSPS) is 21.6. The topological polar surface area (TPSA) is 27.7 Å². The van der Waals surface area contributed by atoms with E-state index < -0.39 is 11.7 Å². The molecule has 1 aliphatic rings. The Morgan fingerprint density at radius 2 is 1.62 bits per heavy atom. The molecule has 1 saturated heterocycles. The van der Waals surface area contributed by atoms with Gasteiger partial charge in [-0.15, -0.1) is 0 Å². The third-order valence-corrected chi connectivity index (χ3v) is 5.86. The number of methoxy groups -OCH3 is 1.